The first kappa shape index (κ1) is 38.5. The highest BCUT2D eigenvalue weighted by atomic mass is 16.5. The average Bonchev–Trinajstić information content (AvgIpc) is 2.95. The Labute approximate surface area is 269 Å². The van der Waals surface area contributed by atoms with Crippen molar-refractivity contribution in [2.45, 2.75) is 218 Å². The van der Waals surface area contributed by atoms with E-state index in [2.05, 4.69) is 38.2 Å². The molecular formula is C40H74O3. The van der Waals surface area contributed by atoms with Gasteiger partial charge in [-0.15, -0.1) is 0 Å². The lowest BCUT2D eigenvalue weighted by Gasteiger charge is -2.26. The lowest BCUT2D eigenvalue weighted by Crippen LogP contribution is -2.26. The molecule has 0 radical (unpaired) electrons. The zero-order chi connectivity index (χ0) is 30.5. The molecule has 0 aromatic heterocycles. The summed E-state index contributed by atoms with van der Waals surface area (Å²) in [6, 6.07) is 0. The Bertz CT molecular complexity index is 582. The fourth-order valence-corrected chi connectivity index (χ4v) is 6.57. The smallest absolute Gasteiger partial charge is 0.0597 e. The highest BCUT2D eigenvalue weighted by Crippen LogP contribution is 2.22. The van der Waals surface area contributed by atoms with Gasteiger partial charge in [-0.2, -0.15) is 0 Å². The van der Waals surface area contributed by atoms with Crippen LogP contribution in [0.5, 0.6) is 0 Å². The molecule has 0 N–H and O–H groups in total. The van der Waals surface area contributed by atoms with Crippen LogP contribution in [0, 0.1) is 0 Å². The number of hydrogen-bond acceptors (Lipinski definition) is 3. The van der Waals surface area contributed by atoms with Crippen molar-refractivity contribution in [3.8, 4) is 0 Å². The Morgan fingerprint density at radius 1 is 0.488 bits per heavy atom. The van der Waals surface area contributed by atoms with E-state index in [9.17, 15) is 0 Å². The van der Waals surface area contributed by atoms with E-state index in [1.807, 2.05) is 0 Å². The maximum atomic E-state index is 6.73. The zero-order valence-corrected chi connectivity index (χ0v) is 29.1. The summed E-state index contributed by atoms with van der Waals surface area (Å²) >= 11 is 0. The Hall–Kier alpha value is -0.640. The molecule has 2 rings (SSSR count). The zero-order valence-electron chi connectivity index (χ0n) is 29.1. The van der Waals surface area contributed by atoms with Crippen molar-refractivity contribution < 1.29 is 14.2 Å². The van der Waals surface area contributed by atoms with E-state index in [0.717, 1.165) is 13.2 Å². The van der Waals surface area contributed by atoms with Crippen LogP contribution in [0.2, 0.25) is 0 Å². The van der Waals surface area contributed by atoms with Crippen molar-refractivity contribution in [1.82, 2.24) is 0 Å². The molecule has 0 aromatic carbocycles. The van der Waals surface area contributed by atoms with E-state index < -0.39 is 0 Å². The number of rotatable bonds is 32. The molecule has 0 aliphatic carbocycles. The Balaban J connectivity index is 1.40. The number of allylic oxidation sites excluding steroid dienone is 4. The van der Waals surface area contributed by atoms with E-state index in [4.69, 9.17) is 14.2 Å². The summed E-state index contributed by atoms with van der Waals surface area (Å²) in [5.74, 6) is 0. The van der Waals surface area contributed by atoms with Gasteiger partial charge in [-0.25, -0.2) is 0 Å². The van der Waals surface area contributed by atoms with E-state index in [1.165, 1.54) is 180 Å². The second-order valence-electron chi connectivity index (χ2n) is 13.7. The first-order valence-corrected chi connectivity index (χ1v) is 19.5. The molecule has 43 heavy (non-hydrogen) atoms. The standard InChI is InChI=1S/C40H74O3/c1-3-27-39(31-25-21-17-13-9-5-7-11-15-19-23-29-37-33-35-41-37)43-40(28-4-2)32-26-22-18-14-10-6-8-12-16-20-24-30-38-34-36-42-38/h9-10,13-14,37-40H,3-8,11-12,15-36H2,1-2H3/b13-9-,14-10-. The first-order chi connectivity index (χ1) is 21.3. The summed E-state index contributed by atoms with van der Waals surface area (Å²) in [7, 11) is 0. The van der Waals surface area contributed by atoms with Crippen LogP contribution >= 0.6 is 0 Å². The fraction of sp³-hybridized carbons (Fsp3) is 0.900. The molecule has 2 fully saturated rings. The number of ether oxygens (including phenoxy) is 3. The normalized spacial score (nSPS) is 20.0. The number of hydrogen-bond donors (Lipinski definition) is 0. The quantitative estimate of drug-likeness (QED) is 0.0566. The van der Waals surface area contributed by atoms with Crippen LogP contribution in [-0.2, 0) is 14.2 Å². The second-order valence-corrected chi connectivity index (χ2v) is 13.7. The van der Waals surface area contributed by atoms with Crippen molar-refractivity contribution in [2.75, 3.05) is 13.2 Å². The molecule has 2 aliphatic heterocycles. The fourth-order valence-electron chi connectivity index (χ4n) is 6.57. The van der Waals surface area contributed by atoms with Crippen molar-refractivity contribution in [3.05, 3.63) is 24.3 Å². The van der Waals surface area contributed by atoms with Gasteiger partial charge in [0.05, 0.1) is 24.4 Å². The number of unbranched alkanes of at least 4 members (excludes halogenated alkanes) is 14. The molecule has 4 unspecified atom stereocenters. The third-order valence-electron chi connectivity index (χ3n) is 9.61. The molecule has 4 atom stereocenters. The molecule has 2 heterocycles. The second kappa shape index (κ2) is 28.8. The molecule has 3 heteroatoms. The predicted octanol–water partition coefficient (Wildman–Crippen LogP) is 12.6. The van der Waals surface area contributed by atoms with Crippen molar-refractivity contribution in [1.29, 1.82) is 0 Å². The van der Waals surface area contributed by atoms with Gasteiger partial charge >= 0.3 is 0 Å². The minimum Gasteiger partial charge on any atom is -0.378 e. The van der Waals surface area contributed by atoms with Crippen LogP contribution in [0.1, 0.15) is 194 Å². The van der Waals surface area contributed by atoms with Gasteiger partial charge < -0.3 is 14.2 Å². The predicted molar refractivity (Wildman–Crippen MR) is 187 cm³/mol. The molecule has 0 saturated carbocycles. The minimum absolute atomic E-state index is 0.466. The van der Waals surface area contributed by atoms with Gasteiger partial charge in [0, 0.05) is 13.2 Å². The first-order valence-electron chi connectivity index (χ1n) is 19.5. The highest BCUT2D eigenvalue weighted by Gasteiger charge is 2.18. The monoisotopic (exact) mass is 603 g/mol. The average molecular weight is 603 g/mol. The Morgan fingerprint density at radius 3 is 1.19 bits per heavy atom. The Kier molecular flexibility index (Phi) is 25.8. The molecule has 0 amide bonds. The summed E-state index contributed by atoms with van der Waals surface area (Å²) in [4.78, 5) is 0. The van der Waals surface area contributed by atoms with Crippen LogP contribution in [0.25, 0.3) is 0 Å². The van der Waals surface area contributed by atoms with Crippen molar-refractivity contribution >= 4 is 0 Å². The molecule has 2 aliphatic rings. The molecule has 0 aromatic rings. The lowest BCUT2D eigenvalue weighted by molar-refractivity contribution is -0.0557. The van der Waals surface area contributed by atoms with Gasteiger partial charge in [0.2, 0.25) is 0 Å². The minimum atomic E-state index is 0.466. The van der Waals surface area contributed by atoms with Gasteiger partial charge in [-0.1, -0.05) is 115 Å². The van der Waals surface area contributed by atoms with Gasteiger partial charge in [-0.05, 0) is 103 Å². The molecule has 3 nitrogen and oxygen atoms in total. The Morgan fingerprint density at radius 2 is 0.837 bits per heavy atom. The summed E-state index contributed by atoms with van der Waals surface area (Å²) in [6.45, 7) is 6.63. The van der Waals surface area contributed by atoms with Crippen molar-refractivity contribution in [2.24, 2.45) is 0 Å². The summed E-state index contributed by atoms with van der Waals surface area (Å²) < 4.78 is 17.7. The molecule has 252 valence electrons. The van der Waals surface area contributed by atoms with Crippen LogP contribution in [0.4, 0.5) is 0 Å². The third kappa shape index (κ3) is 22.5. The largest absolute Gasteiger partial charge is 0.378 e. The van der Waals surface area contributed by atoms with E-state index in [1.54, 1.807) is 0 Å². The molecule has 0 spiro atoms. The van der Waals surface area contributed by atoms with Crippen LogP contribution in [-0.4, -0.2) is 37.6 Å². The van der Waals surface area contributed by atoms with Crippen LogP contribution < -0.4 is 0 Å². The molecule has 0 bridgehead atoms. The van der Waals surface area contributed by atoms with Crippen LogP contribution in [0.15, 0.2) is 24.3 Å². The highest BCUT2D eigenvalue weighted by molar-refractivity contribution is 4.82. The van der Waals surface area contributed by atoms with E-state index >= 15 is 0 Å². The summed E-state index contributed by atoms with van der Waals surface area (Å²) in [6.07, 6.45) is 48.5. The lowest BCUT2D eigenvalue weighted by atomic mass is 10.0. The topological polar surface area (TPSA) is 27.7 Å². The SMILES string of the molecule is CCCC(CCCC/C=C\CCCCCCCC1CCO1)OC(CCC)CCCC/C=C\CCCCCCCC1CCO1. The third-order valence-corrected chi connectivity index (χ3v) is 9.61. The molecule has 2 saturated heterocycles. The van der Waals surface area contributed by atoms with E-state index in [-0.39, 0.29) is 0 Å². The van der Waals surface area contributed by atoms with Crippen LogP contribution in [0.3, 0.4) is 0 Å². The maximum absolute atomic E-state index is 6.73. The maximum Gasteiger partial charge on any atom is 0.0597 e. The van der Waals surface area contributed by atoms with Crippen molar-refractivity contribution in [3.63, 3.8) is 0 Å². The summed E-state index contributed by atoms with van der Waals surface area (Å²) in [5.41, 5.74) is 0. The van der Waals surface area contributed by atoms with Gasteiger partial charge in [0.15, 0.2) is 0 Å². The van der Waals surface area contributed by atoms with Gasteiger partial charge in [-0.3, -0.25) is 0 Å². The van der Waals surface area contributed by atoms with Gasteiger partial charge in [0.25, 0.3) is 0 Å². The molecular weight excluding hydrogens is 528 g/mol. The summed E-state index contributed by atoms with van der Waals surface area (Å²) in [5, 5.41) is 0. The van der Waals surface area contributed by atoms with E-state index in [0.29, 0.717) is 24.4 Å². The van der Waals surface area contributed by atoms with Gasteiger partial charge in [0.1, 0.15) is 0 Å².